The molecule has 1 aliphatic heterocycles. The number of oxazole rings is 1. The number of hydrogen-bond donors (Lipinski definition) is 2. The first kappa shape index (κ1) is 19.9. The van der Waals surface area contributed by atoms with Crippen LogP contribution in [0.25, 0.3) is 5.57 Å². The van der Waals surface area contributed by atoms with E-state index >= 15 is 0 Å². The molecule has 2 aliphatic rings. The van der Waals surface area contributed by atoms with Crippen LogP contribution in [0, 0.1) is 0 Å². The van der Waals surface area contributed by atoms with Crippen LogP contribution in [-0.4, -0.2) is 24.7 Å². The van der Waals surface area contributed by atoms with Gasteiger partial charge in [-0.05, 0) is 38.0 Å². The molecule has 0 unspecified atom stereocenters. The van der Waals surface area contributed by atoms with Crippen LogP contribution in [0.5, 0.6) is 11.5 Å². The normalized spacial score (nSPS) is 15.9. The highest BCUT2D eigenvalue weighted by atomic mass is 16.6. The fourth-order valence-corrected chi connectivity index (χ4v) is 3.37. The monoisotopic (exact) mass is 405 g/mol. The van der Waals surface area contributed by atoms with E-state index in [0.717, 1.165) is 53.6 Å². The smallest absolute Gasteiger partial charge is 0.299 e. The molecular formula is C24H27N3O3. The van der Waals surface area contributed by atoms with Crippen molar-refractivity contribution >= 4 is 17.3 Å². The molecule has 0 saturated carbocycles. The van der Waals surface area contributed by atoms with Crippen molar-refractivity contribution in [1.82, 2.24) is 10.3 Å². The van der Waals surface area contributed by atoms with Crippen LogP contribution in [0.3, 0.4) is 0 Å². The number of anilines is 2. The molecule has 30 heavy (non-hydrogen) atoms. The summed E-state index contributed by atoms with van der Waals surface area (Å²) >= 11 is 0. The highest BCUT2D eigenvalue weighted by molar-refractivity contribution is 5.77. The second-order valence-electron chi connectivity index (χ2n) is 7.19. The van der Waals surface area contributed by atoms with Gasteiger partial charge in [-0.15, -0.1) is 0 Å². The third-order valence-electron chi connectivity index (χ3n) is 4.82. The van der Waals surface area contributed by atoms with Crippen LogP contribution < -0.4 is 20.1 Å². The van der Waals surface area contributed by atoms with E-state index in [-0.39, 0.29) is 0 Å². The molecule has 4 rings (SSSR count). The lowest BCUT2D eigenvalue weighted by Crippen LogP contribution is -2.16. The summed E-state index contributed by atoms with van der Waals surface area (Å²) in [6.45, 7) is 6.20. The zero-order valence-electron chi connectivity index (χ0n) is 17.4. The van der Waals surface area contributed by atoms with Crippen molar-refractivity contribution in [3.8, 4) is 11.5 Å². The average Bonchev–Trinajstić information content (AvgIpc) is 3.08. The minimum atomic E-state index is 0.432. The maximum atomic E-state index is 6.03. The standard InChI is InChI=1S/C24H27N3O3/c1-3-7-17(2)15-25-20-9-6-4-5-8-19(20)23-16-26-24(30-23)27-18-10-11-21-22(14-18)29-13-12-28-21/h4,6-11,14,16,25H,3,5,12-13,15H2,1-2H3,(H,26,27)/b17-7+. The first-order valence-corrected chi connectivity index (χ1v) is 10.3. The average molecular weight is 405 g/mol. The number of fused-ring (bicyclic) bond motifs is 1. The van der Waals surface area contributed by atoms with Crippen molar-refractivity contribution in [3.63, 3.8) is 0 Å². The Morgan fingerprint density at radius 2 is 2.07 bits per heavy atom. The summed E-state index contributed by atoms with van der Waals surface area (Å²) in [5.74, 6) is 2.19. The molecule has 1 aromatic carbocycles. The van der Waals surface area contributed by atoms with Gasteiger partial charge in [0.1, 0.15) is 13.2 Å². The zero-order chi connectivity index (χ0) is 20.8. The Labute approximate surface area is 177 Å². The molecule has 0 fully saturated rings. The Kier molecular flexibility index (Phi) is 6.23. The summed E-state index contributed by atoms with van der Waals surface area (Å²) in [5.41, 5.74) is 4.17. The molecule has 0 amide bonds. The van der Waals surface area contributed by atoms with Gasteiger partial charge in [0.2, 0.25) is 0 Å². The zero-order valence-corrected chi connectivity index (χ0v) is 17.4. The molecule has 0 saturated heterocycles. The van der Waals surface area contributed by atoms with Crippen molar-refractivity contribution in [3.05, 3.63) is 71.8 Å². The summed E-state index contributed by atoms with van der Waals surface area (Å²) < 4.78 is 17.2. The van der Waals surface area contributed by atoms with Crippen LogP contribution in [-0.2, 0) is 0 Å². The van der Waals surface area contributed by atoms with E-state index in [2.05, 4.69) is 59.8 Å². The fourth-order valence-electron chi connectivity index (χ4n) is 3.37. The van der Waals surface area contributed by atoms with Gasteiger partial charge >= 0.3 is 0 Å². The van der Waals surface area contributed by atoms with Gasteiger partial charge in [-0.2, -0.15) is 0 Å². The quantitative estimate of drug-likeness (QED) is 0.604. The number of benzene rings is 1. The van der Waals surface area contributed by atoms with Crippen LogP contribution >= 0.6 is 0 Å². The summed E-state index contributed by atoms with van der Waals surface area (Å²) in [4.78, 5) is 4.41. The maximum absolute atomic E-state index is 6.03. The summed E-state index contributed by atoms with van der Waals surface area (Å²) in [5, 5.41) is 6.73. The molecule has 2 N–H and O–H groups in total. The Morgan fingerprint density at radius 3 is 2.93 bits per heavy atom. The second-order valence-corrected chi connectivity index (χ2v) is 7.19. The molecule has 0 spiro atoms. The largest absolute Gasteiger partial charge is 0.486 e. The van der Waals surface area contributed by atoms with Crippen LogP contribution in [0.1, 0.15) is 32.4 Å². The van der Waals surface area contributed by atoms with Gasteiger partial charge in [0, 0.05) is 29.6 Å². The van der Waals surface area contributed by atoms with Crippen molar-refractivity contribution in [2.45, 2.75) is 26.7 Å². The molecular weight excluding hydrogens is 378 g/mol. The maximum Gasteiger partial charge on any atom is 0.299 e. The highest BCUT2D eigenvalue weighted by Gasteiger charge is 2.16. The van der Waals surface area contributed by atoms with E-state index in [9.17, 15) is 0 Å². The van der Waals surface area contributed by atoms with Crippen molar-refractivity contribution in [2.24, 2.45) is 0 Å². The van der Waals surface area contributed by atoms with Gasteiger partial charge in [0.05, 0.1) is 6.20 Å². The molecule has 2 aromatic rings. The minimum Gasteiger partial charge on any atom is -0.486 e. The SMILES string of the molecule is CC/C=C(\C)CNC1=CC=CCC=C1c1cnc(Nc2ccc3c(c2)OCCO3)o1. The molecule has 156 valence electrons. The van der Waals surface area contributed by atoms with Gasteiger partial charge in [0.25, 0.3) is 6.01 Å². The van der Waals surface area contributed by atoms with E-state index in [0.29, 0.717) is 19.2 Å². The van der Waals surface area contributed by atoms with Gasteiger partial charge in [-0.3, -0.25) is 0 Å². The number of nitrogens with zero attached hydrogens (tertiary/aromatic N) is 1. The molecule has 1 aromatic heterocycles. The van der Waals surface area contributed by atoms with Crippen molar-refractivity contribution < 1.29 is 13.9 Å². The Morgan fingerprint density at radius 1 is 1.20 bits per heavy atom. The van der Waals surface area contributed by atoms with Crippen LogP contribution in [0.4, 0.5) is 11.7 Å². The van der Waals surface area contributed by atoms with Crippen molar-refractivity contribution in [1.29, 1.82) is 0 Å². The molecule has 1 aliphatic carbocycles. The minimum absolute atomic E-state index is 0.432. The van der Waals surface area contributed by atoms with Gasteiger partial charge in [0.15, 0.2) is 17.3 Å². The number of rotatable bonds is 7. The first-order valence-electron chi connectivity index (χ1n) is 10.3. The predicted molar refractivity (Wildman–Crippen MR) is 119 cm³/mol. The Balaban J connectivity index is 1.49. The van der Waals surface area contributed by atoms with E-state index < -0.39 is 0 Å². The first-order chi connectivity index (χ1) is 14.7. The molecule has 2 heterocycles. The molecule has 6 heteroatoms. The van der Waals surface area contributed by atoms with Gasteiger partial charge in [-0.1, -0.05) is 36.8 Å². The fraction of sp³-hybridized carbons (Fsp3) is 0.292. The molecule has 0 bridgehead atoms. The molecule has 0 atom stereocenters. The van der Waals surface area contributed by atoms with E-state index in [1.165, 1.54) is 5.57 Å². The third-order valence-corrected chi connectivity index (χ3v) is 4.82. The summed E-state index contributed by atoms with van der Waals surface area (Å²) in [7, 11) is 0. The van der Waals surface area contributed by atoms with E-state index in [1.807, 2.05) is 18.2 Å². The number of allylic oxidation sites excluding steroid dienone is 6. The summed E-state index contributed by atoms with van der Waals surface area (Å²) in [6, 6.07) is 6.13. The topological polar surface area (TPSA) is 68.6 Å². The molecule has 0 radical (unpaired) electrons. The highest BCUT2D eigenvalue weighted by Crippen LogP contribution is 2.34. The van der Waals surface area contributed by atoms with E-state index in [1.54, 1.807) is 6.20 Å². The van der Waals surface area contributed by atoms with Gasteiger partial charge < -0.3 is 24.5 Å². The predicted octanol–water partition coefficient (Wildman–Crippen LogP) is 5.36. The van der Waals surface area contributed by atoms with Crippen LogP contribution in [0.15, 0.2) is 70.5 Å². The lowest BCUT2D eigenvalue weighted by Gasteiger charge is -2.18. The van der Waals surface area contributed by atoms with Crippen molar-refractivity contribution in [2.75, 3.05) is 25.1 Å². The van der Waals surface area contributed by atoms with Gasteiger partial charge in [-0.25, -0.2) is 4.98 Å². The number of ether oxygens (including phenoxy) is 2. The lowest BCUT2D eigenvalue weighted by molar-refractivity contribution is 0.171. The summed E-state index contributed by atoms with van der Waals surface area (Å²) in [6.07, 6.45) is 14.3. The number of aromatic nitrogens is 1. The van der Waals surface area contributed by atoms with E-state index in [4.69, 9.17) is 13.9 Å². The lowest BCUT2D eigenvalue weighted by atomic mass is 10.1. The number of nitrogens with one attached hydrogen (secondary N) is 2. The molecule has 6 nitrogen and oxygen atoms in total. The third kappa shape index (κ3) is 4.76. The Hall–Kier alpha value is -3.41. The van der Waals surface area contributed by atoms with Crippen LogP contribution in [0.2, 0.25) is 0 Å². The number of hydrogen-bond acceptors (Lipinski definition) is 6. The Bertz CT molecular complexity index is 1010. The second kappa shape index (κ2) is 9.39.